The molecule has 1 aromatic carbocycles. The molecule has 0 nitrogen and oxygen atoms in total. The van der Waals surface area contributed by atoms with E-state index >= 15 is 0 Å². The van der Waals surface area contributed by atoms with E-state index in [0.29, 0.717) is 5.41 Å². The fourth-order valence-electron chi connectivity index (χ4n) is 2.41. The molecular weight excluding hydrogens is 180 g/mol. The summed E-state index contributed by atoms with van der Waals surface area (Å²) in [5.74, 6) is 1.49. The predicted octanol–water partition coefficient (Wildman–Crippen LogP) is 4.55. The summed E-state index contributed by atoms with van der Waals surface area (Å²) in [7, 11) is 0. The number of benzene rings is 1. The van der Waals surface area contributed by atoms with Gasteiger partial charge in [0.2, 0.25) is 0 Å². The molecule has 1 rings (SSSR count). The van der Waals surface area contributed by atoms with Gasteiger partial charge in [0.05, 0.1) is 0 Å². The van der Waals surface area contributed by atoms with E-state index in [2.05, 4.69) is 65.0 Å². The quantitative estimate of drug-likeness (QED) is 0.677. The van der Waals surface area contributed by atoms with Crippen LogP contribution in [0, 0.1) is 17.3 Å². The Balaban J connectivity index is 2.77. The molecule has 1 aromatic rings. The Hall–Kier alpha value is -0.780. The molecule has 0 heterocycles. The molecule has 84 valence electrons. The molecular formula is C15H24. The molecule has 0 N–H and O–H groups in total. The van der Waals surface area contributed by atoms with Gasteiger partial charge in [-0.05, 0) is 29.2 Å². The molecule has 0 spiro atoms. The van der Waals surface area contributed by atoms with Crippen LogP contribution in [0.5, 0.6) is 0 Å². The van der Waals surface area contributed by atoms with Crippen molar-refractivity contribution < 1.29 is 0 Å². The molecule has 0 radical (unpaired) electrons. The summed E-state index contributed by atoms with van der Waals surface area (Å²) in [4.78, 5) is 0. The van der Waals surface area contributed by atoms with E-state index < -0.39 is 0 Å². The van der Waals surface area contributed by atoms with E-state index in [1.165, 1.54) is 12.0 Å². The van der Waals surface area contributed by atoms with Crippen molar-refractivity contribution in [2.75, 3.05) is 0 Å². The SMILES string of the molecule is CC(C)C(Cc1ccccc1)C(C)(C)C. The van der Waals surface area contributed by atoms with Crippen molar-refractivity contribution in [3.63, 3.8) is 0 Å². The zero-order valence-electron chi connectivity index (χ0n) is 10.7. The smallest absolute Gasteiger partial charge is 0.0243 e. The summed E-state index contributed by atoms with van der Waals surface area (Å²) in [6.07, 6.45) is 1.20. The van der Waals surface area contributed by atoms with Crippen molar-refractivity contribution in [2.24, 2.45) is 17.3 Å². The van der Waals surface area contributed by atoms with Crippen molar-refractivity contribution in [1.82, 2.24) is 0 Å². The van der Waals surface area contributed by atoms with Crippen LogP contribution in [0.15, 0.2) is 30.3 Å². The van der Waals surface area contributed by atoms with Crippen molar-refractivity contribution >= 4 is 0 Å². The van der Waals surface area contributed by atoms with Crippen LogP contribution in [0.3, 0.4) is 0 Å². The van der Waals surface area contributed by atoms with Gasteiger partial charge in [0.1, 0.15) is 0 Å². The van der Waals surface area contributed by atoms with E-state index in [9.17, 15) is 0 Å². The van der Waals surface area contributed by atoms with E-state index in [1.54, 1.807) is 0 Å². The van der Waals surface area contributed by atoms with Gasteiger partial charge in [-0.2, -0.15) is 0 Å². The first-order valence-electron chi connectivity index (χ1n) is 5.95. The van der Waals surface area contributed by atoms with Crippen LogP contribution in [0.25, 0.3) is 0 Å². The lowest BCUT2D eigenvalue weighted by atomic mass is 9.71. The van der Waals surface area contributed by atoms with Crippen LogP contribution in [-0.4, -0.2) is 0 Å². The Morgan fingerprint density at radius 1 is 1.00 bits per heavy atom. The topological polar surface area (TPSA) is 0 Å². The largest absolute Gasteiger partial charge is 0.0625 e. The van der Waals surface area contributed by atoms with Gasteiger partial charge < -0.3 is 0 Å². The number of rotatable bonds is 3. The summed E-state index contributed by atoms with van der Waals surface area (Å²) in [5.41, 5.74) is 1.86. The van der Waals surface area contributed by atoms with Crippen LogP contribution in [-0.2, 0) is 6.42 Å². The van der Waals surface area contributed by atoms with Gasteiger partial charge >= 0.3 is 0 Å². The molecule has 1 atom stereocenters. The zero-order chi connectivity index (χ0) is 11.5. The lowest BCUT2D eigenvalue weighted by Crippen LogP contribution is -2.27. The summed E-state index contributed by atoms with van der Waals surface area (Å²) >= 11 is 0. The molecule has 15 heavy (non-hydrogen) atoms. The molecule has 0 heteroatoms. The minimum absolute atomic E-state index is 0.393. The fraction of sp³-hybridized carbons (Fsp3) is 0.600. The maximum absolute atomic E-state index is 2.35. The van der Waals surface area contributed by atoms with Gasteiger partial charge in [0, 0.05) is 0 Å². The minimum atomic E-state index is 0.393. The molecule has 0 aliphatic rings. The first-order valence-corrected chi connectivity index (χ1v) is 5.95. The summed E-state index contributed by atoms with van der Waals surface area (Å²) in [6.45, 7) is 11.7. The van der Waals surface area contributed by atoms with E-state index in [1.807, 2.05) is 0 Å². The third-order valence-electron chi connectivity index (χ3n) is 3.22. The first-order chi connectivity index (χ1) is 6.91. The highest BCUT2D eigenvalue weighted by Crippen LogP contribution is 2.34. The third-order valence-corrected chi connectivity index (χ3v) is 3.22. The van der Waals surface area contributed by atoms with Crippen molar-refractivity contribution in [1.29, 1.82) is 0 Å². The third kappa shape index (κ3) is 3.70. The Labute approximate surface area is 94.7 Å². The van der Waals surface area contributed by atoms with Crippen molar-refractivity contribution in [2.45, 2.75) is 41.0 Å². The normalized spacial score (nSPS) is 14.3. The van der Waals surface area contributed by atoms with E-state index in [-0.39, 0.29) is 0 Å². The average molecular weight is 204 g/mol. The molecule has 0 saturated heterocycles. The monoisotopic (exact) mass is 204 g/mol. The van der Waals surface area contributed by atoms with Crippen molar-refractivity contribution in [3.05, 3.63) is 35.9 Å². The first kappa shape index (κ1) is 12.3. The van der Waals surface area contributed by atoms with E-state index in [4.69, 9.17) is 0 Å². The molecule has 0 amide bonds. The summed E-state index contributed by atoms with van der Waals surface area (Å²) < 4.78 is 0. The predicted molar refractivity (Wildman–Crippen MR) is 67.9 cm³/mol. The Kier molecular flexibility index (Phi) is 3.96. The van der Waals surface area contributed by atoms with Gasteiger partial charge in [0.15, 0.2) is 0 Å². The highest BCUT2D eigenvalue weighted by Gasteiger charge is 2.27. The molecule has 0 aromatic heterocycles. The Morgan fingerprint density at radius 2 is 1.53 bits per heavy atom. The molecule has 0 aliphatic carbocycles. The zero-order valence-corrected chi connectivity index (χ0v) is 10.7. The fourth-order valence-corrected chi connectivity index (χ4v) is 2.41. The van der Waals surface area contributed by atoms with Gasteiger partial charge in [0.25, 0.3) is 0 Å². The number of hydrogen-bond donors (Lipinski definition) is 0. The summed E-state index contributed by atoms with van der Waals surface area (Å²) in [5, 5.41) is 0. The maximum atomic E-state index is 2.35. The maximum Gasteiger partial charge on any atom is -0.0243 e. The molecule has 0 bridgehead atoms. The molecule has 0 fully saturated rings. The van der Waals surface area contributed by atoms with Crippen molar-refractivity contribution in [3.8, 4) is 0 Å². The van der Waals surface area contributed by atoms with E-state index in [0.717, 1.165) is 11.8 Å². The lowest BCUT2D eigenvalue weighted by molar-refractivity contribution is 0.177. The van der Waals surface area contributed by atoms with Crippen LogP contribution in [0.1, 0.15) is 40.2 Å². The number of hydrogen-bond acceptors (Lipinski definition) is 0. The van der Waals surface area contributed by atoms with Crippen LogP contribution < -0.4 is 0 Å². The molecule has 0 saturated carbocycles. The lowest BCUT2D eigenvalue weighted by Gasteiger charge is -2.34. The van der Waals surface area contributed by atoms with Crippen LogP contribution in [0.4, 0.5) is 0 Å². The van der Waals surface area contributed by atoms with Gasteiger partial charge in [-0.15, -0.1) is 0 Å². The van der Waals surface area contributed by atoms with Crippen LogP contribution >= 0.6 is 0 Å². The van der Waals surface area contributed by atoms with Gasteiger partial charge in [-0.1, -0.05) is 65.0 Å². The second kappa shape index (κ2) is 4.83. The second-order valence-corrected chi connectivity index (χ2v) is 5.91. The summed E-state index contributed by atoms with van der Waals surface area (Å²) in [6, 6.07) is 10.8. The highest BCUT2D eigenvalue weighted by molar-refractivity contribution is 5.15. The average Bonchev–Trinajstić information content (AvgIpc) is 2.13. The molecule has 0 aliphatic heterocycles. The second-order valence-electron chi connectivity index (χ2n) is 5.91. The Morgan fingerprint density at radius 3 is 1.93 bits per heavy atom. The van der Waals surface area contributed by atoms with Gasteiger partial charge in [-0.3, -0.25) is 0 Å². The standard InChI is InChI=1S/C15H24/c1-12(2)14(15(3,4)5)11-13-9-7-6-8-10-13/h6-10,12,14H,11H2,1-5H3. The van der Waals surface area contributed by atoms with Gasteiger partial charge in [-0.25, -0.2) is 0 Å². The minimum Gasteiger partial charge on any atom is -0.0625 e. The van der Waals surface area contributed by atoms with Crippen LogP contribution in [0.2, 0.25) is 0 Å². The molecule has 1 unspecified atom stereocenters. The Bertz CT molecular complexity index is 277. The highest BCUT2D eigenvalue weighted by atomic mass is 14.3.